The first-order valence-electron chi connectivity index (χ1n) is 10.9. The summed E-state index contributed by atoms with van der Waals surface area (Å²) in [6, 6.07) is 10.5. The number of aromatic nitrogens is 1. The first kappa shape index (κ1) is 21.4. The topological polar surface area (TPSA) is 91.9 Å². The fourth-order valence-corrected chi connectivity index (χ4v) is 4.86. The number of rotatable bonds is 5. The minimum Gasteiger partial charge on any atom is -0.493 e. The van der Waals surface area contributed by atoms with Crippen LogP contribution >= 0.6 is 0 Å². The van der Waals surface area contributed by atoms with Gasteiger partial charge in [-0.2, -0.15) is 0 Å². The molecule has 1 amide bonds. The predicted octanol–water partition coefficient (Wildman–Crippen LogP) is 2.80. The van der Waals surface area contributed by atoms with Gasteiger partial charge in [0.15, 0.2) is 11.5 Å². The number of aliphatic hydroxyl groups is 1. The summed E-state index contributed by atoms with van der Waals surface area (Å²) < 4.78 is 11.5. The lowest BCUT2D eigenvalue weighted by Crippen LogP contribution is -2.42. The van der Waals surface area contributed by atoms with E-state index in [2.05, 4.69) is 4.98 Å². The van der Waals surface area contributed by atoms with Gasteiger partial charge >= 0.3 is 0 Å². The number of para-hydroxylation sites is 2. The first-order chi connectivity index (χ1) is 14.9. The average Bonchev–Trinajstić information content (AvgIpc) is 3.16. The summed E-state index contributed by atoms with van der Waals surface area (Å²) in [5.41, 5.74) is 1.02. The summed E-state index contributed by atoms with van der Waals surface area (Å²) in [6.07, 6.45) is 0.334. The number of carbonyl (C=O) groups excluding carboxylic acids is 1. The molecule has 2 N–H and O–H groups in total. The Morgan fingerprint density at radius 3 is 2.45 bits per heavy atom. The second-order valence-corrected chi connectivity index (χ2v) is 8.88. The van der Waals surface area contributed by atoms with E-state index in [1.54, 1.807) is 13.2 Å². The molecule has 2 aliphatic rings. The Labute approximate surface area is 182 Å². The van der Waals surface area contributed by atoms with Gasteiger partial charge < -0.3 is 24.5 Å². The van der Waals surface area contributed by atoms with Crippen molar-refractivity contribution in [1.82, 2.24) is 9.88 Å². The van der Waals surface area contributed by atoms with E-state index in [4.69, 9.17) is 9.47 Å². The van der Waals surface area contributed by atoms with Gasteiger partial charge in [-0.15, -0.1) is 0 Å². The number of aromatic amines is 1. The van der Waals surface area contributed by atoms with E-state index < -0.39 is 6.10 Å². The van der Waals surface area contributed by atoms with Gasteiger partial charge in [-0.1, -0.05) is 26.0 Å². The number of aliphatic hydroxyl groups excluding tert-OH is 1. The number of hydrogen-bond acceptors (Lipinski definition) is 5. The van der Waals surface area contributed by atoms with Crippen LogP contribution < -0.4 is 15.0 Å². The summed E-state index contributed by atoms with van der Waals surface area (Å²) in [5, 5.41) is 10.7. The Balaban J connectivity index is 1.48. The minimum atomic E-state index is -0.597. The van der Waals surface area contributed by atoms with Crippen LogP contribution in [0.4, 0.5) is 0 Å². The molecule has 1 saturated carbocycles. The summed E-state index contributed by atoms with van der Waals surface area (Å²) in [7, 11) is 1.60. The fourth-order valence-electron chi connectivity index (χ4n) is 4.86. The zero-order chi connectivity index (χ0) is 22.1. The highest BCUT2D eigenvalue weighted by molar-refractivity contribution is 5.95. The Morgan fingerprint density at radius 1 is 1.10 bits per heavy atom. The first-order valence-corrected chi connectivity index (χ1v) is 10.9. The second kappa shape index (κ2) is 8.75. The predicted molar refractivity (Wildman–Crippen MR) is 117 cm³/mol. The monoisotopic (exact) mass is 426 g/mol. The Kier molecular flexibility index (Phi) is 6.05. The van der Waals surface area contributed by atoms with Crippen molar-refractivity contribution in [3.63, 3.8) is 0 Å². The summed E-state index contributed by atoms with van der Waals surface area (Å²) >= 11 is 0. The molecule has 0 spiro atoms. The molecule has 1 aromatic carbocycles. The maximum absolute atomic E-state index is 13.3. The van der Waals surface area contributed by atoms with E-state index in [-0.39, 0.29) is 35.3 Å². The van der Waals surface area contributed by atoms with E-state index in [1.807, 2.05) is 43.0 Å². The number of benzene rings is 1. The van der Waals surface area contributed by atoms with Crippen LogP contribution in [0.25, 0.3) is 0 Å². The van der Waals surface area contributed by atoms with Crippen molar-refractivity contribution in [2.24, 2.45) is 11.8 Å². The van der Waals surface area contributed by atoms with E-state index >= 15 is 0 Å². The molecule has 2 fully saturated rings. The summed E-state index contributed by atoms with van der Waals surface area (Å²) in [5.74, 6) is 1.73. The van der Waals surface area contributed by atoms with Crippen LogP contribution in [0.2, 0.25) is 0 Å². The van der Waals surface area contributed by atoms with Crippen LogP contribution in [-0.4, -0.2) is 53.3 Å². The molecule has 0 unspecified atom stereocenters. The molecule has 4 rings (SSSR count). The zero-order valence-electron chi connectivity index (χ0n) is 18.2. The molecule has 0 bridgehead atoms. The van der Waals surface area contributed by atoms with Crippen molar-refractivity contribution in [2.75, 3.05) is 20.2 Å². The van der Waals surface area contributed by atoms with E-state index in [0.29, 0.717) is 48.7 Å². The van der Waals surface area contributed by atoms with Crippen LogP contribution in [0.5, 0.6) is 11.5 Å². The van der Waals surface area contributed by atoms with Crippen molar-refractivity contribution < 1.29 is 19.4 Å². The Bertz CT molecular complexity index is 1000. The van der Waals surface area contributed by atoms with Crippen LogP contribution in [0.1, 0.15) is 48.7 Å². The van der Waals surface area contributed by atoms with Gasteiger partial charge in [0.05, 0.1) is 18.8 Å². The molecule has 1 aliphatic heterocycles. The Morgan fingerprint density at radius 2 is 1.77 bits per heavy atom. The van der Waals surface area contributed by atoms with Gasteiger partial charge in [0, 0.05) is 24.8 Å². The molecule has 1 aliphatic carbocycles. The van der Waals surface area contributed by atoms with Crippen LogP contribution in [-0.2, 0) is 0 Å². The number of likely N-dealkylation sites (tertiary alicyclic amines) is 1. The number of ether oxygens (including phenoxy) is 2. The number of nitrogens with zero attached hydrogens (tertiary/aromatic N) is 1. The standard InChI is InChI=1S/C24H30N2O5/c1-14(2)23-17(8-9-22(28)25-23)24(29)26-12-15-10-18(27)21(11-16(15)13-26)31-20-7-5-4-6-19(20)30-3/h4-9,14-16,18,21,27H,10-13H2,1-3H3,(H,25,28)/t15-,16+,18+,21+/m0/s1. The van der Waals surface area contributed by atoms with Crippen molar-refractivity contribution in [3.8, 4) is 11.5 Å². The number of nitrogens with one attached hydrogen (secondary N) is 1. The fraction of sp³-hybridized carbons (Fsp3) is 0.500. The molecule has 2 heterocycles. The van der Waals surface area contributed by atoms with Crippen LogP contribution in [0, 0.1) is 11.8 Å². The summed E-state index contributed by atoms with van der Waals surface area (Å²) in [6.45, 7) is 5.15. The van der Waals surface area contributed by atoms with Crippen molar-refractivity contribution in [2.45, 2.75) is 44.8 Å². The quantitative estimate of drug-likeness (QED) is 0.767. The summed E-state index contributed by atoms with van der Waals surface area (Å²) in [4.78, 5) is 29.7. The molecule has 1 saturated heterocycles. The molecule has 31 heavy (non-hydrogen) atoms. The smallest absolute Gasteiger partial charge is 0.255 e. The van der Waals surface area contributed by atoms with Gasteiger partial charge in [-0.3, -0.25) is 9.59 Å². The second-order valence-electron chi connectivity index (χ2n) is 8.88. The van der Waals surface area contributed by atoms with Gasteiger partial charge in [0.1, 0.15) is 6.10 Å². The highest BCUT2D eigenvalue weighted by Crippen LogP contribution is 2.40. The molecule has 4 atom stereocenters. The largest absolute Gasteiger partial charge is 0.493 e. The highest BCUT2D eigenvalue weighted by atomic mass is 16.5. The maximum Gasteiger partial charge on any atom is 0.255 e. The SMILES string of the molecule is COc1ccccc1O[C@@H]1C[C@@H]2CN(C(=O)c3ccc(=O)[nH]c3C(C)C)C[C@@H]2C[C@H]1O. The van der Waals surface area contributed by atoms with Crippen molar-refractivity contribution >= 4 is 5.91 Å². The lowest BCUT2D eigenvalue weighted by molar-refractivity contribution is -0.0240. The van der Waals surface area contributed by atoms with Gasteiger partial charge in [-0.25, -0.2) is 0 Å². The third-order valence-corrected chi connectivity index (χ3v) is 6.48. The number of hydrogen-bond donors (Lipinski definition) is 2. The van der Waals surface area contributed by atoms with Crippen LogP contribution in [0.3, 0.4) is 0 Å². The molecule has 7 nitrogen and oxygen atoms in total. The molecule has 2 aromatic rings. The van der Waals surface area contributed by atoms with E-state index in [0.717, 1.165) is 0 Å². The van der Waals surface area contributed by atoms with Gasteiger partial charge in [-0.05, 0) is 48.8 Å². The number of methoxy groups -OCH3 is 1. The normalized spacial score (nSPS) is 25.4. The Hall–Kier alpha value is -2.80. The highest BCUT2D eigenvalue weighted by Gasteiger charge is 2.44. The third kappa shape index (κ3) is 4.32. The number of fused-ring (bicyclic) bond motifs is 1. The van der Waals surface area contributed by atoms with Crippen molar-refractivity contribution in [1.29, 1.82) is 0 Å². The maximum atomic E-state index is 13.3. The van der Waals surface area contributed by atoms with Gasteiger partial charge in [0.25, 0.3) is 5.91 Å². The molecule has 0 radical (unpaired) electrons. The lowest BCUT2D eigenvalue weighted by atomic mass is 9.78. The van der Waals surface area contributed by atoms with Crippen molar-refractivity contribution in [3.05, 3.63) is 58.0 Å². The zero-order valence-corrected chi connectivity index (χ0v) is 18.2. The number of pyridine rings is 1. The molecular formula is C24H30N2O5. The number of carbonyl (C=O) groups is 1. The number of H-pyrrole nitrogens is 1. The van der Waals surface area contributed by atoms with Crippen LogP contribution in [0.15, 0.2) is 41.2 Å². The minimum absolute atomic E-state index is 0.0400. The van der Waals surface area contributed by atoms with E-state index in [1.165, 1.54) is 6.07 Å². The van der Waals surface area contributed by atoms with E-state index in [9.17, 15) is 14.7 Å². The average molecular weight is 427 g/mol. The third-order valence-electron chi connectivity index (χ3n) is 6.48. The molecule has 1 aromatic heterocycles. The van der Waals surface area contributed by atoms with Gasteiger partial charge in [0.2, 0.25) is 5.56 Å². The lowest BCUT2D eigenvalue weighted by Gasteiger charge is -2.35. The molecule has 166 valence electrons. The number of amides is 1. The molecule has 7 heteroatoms. The molecular weight excluding hydrogens is 396 g/mol.